The summed E-state index contributed by atoms with van der Waals surface area (Å²) in [5.41, 5.74) is 9.20. The van der Waals surface area contributed by atoms with Crippen LogP contribution in [0, 0.1) is 5.41 Å². The molecule has 2 N–H and O–H groups in total. The van der Waals surface area contributed by atoms with Crippen LogP contribution in [0.1, 0.15) is 38.1 Å². The number of carbonyl (C=O) groups is 1. The Morgan fingerprint density at radius 2 is 2.07 bits per heavy atom. The van der Waals surface area contributed by atoms with Crippen molar-refractivity contribution in [2.24, 2.45) is 12.5 Å². The van der Waals surface area contributed by atoms with Gasteiger partial charge in [-0.1, -0.05) is 13.8 Å². The maximum atomic E-state index is 13.4. The predicted molar refractivity (Wildman–Crippen MR) is 101 cm³/mol. The highest BCUT2D eigenvalue weighted by molar-refractivity contribution is 5.85. The zero-order valence-corrected chi connectivity index (χ0v) is 16.0. The summed E-state index contributed by atoms with van der Waals surface area (Å²) >= 11 is 0. The Balaban J connectivity index is 1.67. The van der Waals surface area contributed by atoms with Gasteiger partial charge in [-0.2, -0.15) is 5.10 Å². The van der Waals surface area contributed by atoms with E-state index in [-0.39, 0.29) is 11.3 Å². The summed E-state index contributed by atoms with van der Waals surface area (Å²) in [7, 11) is 1.96. The number of fused-ring (bicyclic) bond motifs is 2. The van der Waals surface area contributed by atoms with Crippen molar-refractivity contribution in [2.45, 2.75) is 39.8 Å². The minimum atomic E-state index is -0.446. The fourth-order valence-corrected chi connectivity index (χ4v) is 3.85. The molecule has 9 nitrogen and oxygen atoms in total. The molecule has 0 fully saturated rings. The SMILES string of the molecule is CC(C(=O)N1Cc2cnn(C)c2CC(C)(C)C1)n1cnc2c(N)ncnc21. The first-order chi connectivity index (χ1) is 12.8. The third-order valence-corrected chi connectivity index (χ3v) is 5.25. The number of amides is 1. The molecule has 0 saturated heterocycles. The highest BCUT2D eigenvalue weighted by Crippen LogP contribution is 2.31. The number of hydrogen-bond donors (Lipinski definition) is 1. The predicted octanol–water partition coefficient (Wildman–Crippen LogP) is 1.31. The molecule has 1 aliphatic rings. The monoisotopic (exact) mass is 368 g/mol. The summed E-state index contributed by atoms with van der Waals surface area (Å²) in [6.45, 7) is 7.46. The molecule has 0 aliphatic carbocycles. The number of hydrogen-bond acceptors (Lipinski definition) is 6. The largest absolute Gasteiger partial charge is 0.382 e. The van der Waals surface area contributed by atoms with Crippen LogP contribution in [-0.2, 0) is 24.8 Å². The molecule has 142 valence electrons. The van der Waals surface area contributed by atoms with Gasteiger partial charge in [0.1, 0.15) is 17.9 Å². The molecule has 4 rings (SSSR count). The van der Waals surface area contributed by atoms with Crippen LogP contribution in [0.3, 0.4) is 0 Å². The molecule has 3 aromatic heterocycles. The smallest absolute Gasteiger partial charge is 0.245 e. The Kier molecular flexibility index (Phi) is 3.90. The van der Waals surface area contributed by atoms with Crippen molar-refractivity contribution in [1.82, 2.24) is 34.2 Å². The van der Waals surface area contributed by atoms with Crippen molar-refractivity contribution >= 4 is 22.9 Å². The van der Waals surface area contributed by atoms with E-state index in [1.54, 1.807) is 10.9 Å². The van der Waals surface area contributed by atoms with E-state index in [0.717, 1.165) is 12.0 Å². The lowest BCUT2D eigenvalue weighted by Crippen LogP contribution is -2.40. The summed E-state index contributed by atoms with van der Waals surface area (Å²) in [4.78, 5) is 27.8. The quantitative estimate of drug-likeness (QED) is 0.731. The van der Waals surface area contributed by atoms with Crippen LogP contribution < -0.4 is 5.73 Å². The zero-order valence-electron chi connectivity index (χ0n) is 16.0. The number of nitrogens with zero attached hydrogens (tertiary/aromatic N) is 7. The third kappa shape index (κ3) is 2.92. The minimum Gasteiger partial charge on any atom is -0.382 e. The molecule has 0 spiro atoms. The molecule has 0 saturated carbocycles. The number of nitrogens with two attached hydrogens (primary N) is 1. The maximum Gasteiger partial charge on any atom is 0.245 e. The van der Waals surface area contributed by atoms with Crippen LogP contribution in [0.15, 0.2) is 18.9 Å². The van der Waals surface area contributed by atoms with E-state index in [1.165, 1.54) is 12.0 Å². The van der Waals surface area contributed by atoms with Gasteiger partial charge in [0.05, 0.1) is 12.5 Å². The second-order valence-corrected chi connectivity index (χ2v) is 8.03. The lowest BCUT2D eigenvalue weighted by Gasteiger charge is -2.31. The molecular weight excluding hydrogens is 344 g/mol. The van der Waals surface area contributed by atoms with E-state index in [9.17, 15) is 4.79 Å². The maximum absolute atomic E-state index is 13.4. The molecule has 4 heterocycles. The van der Waals surface area contributed by atoms with E-state index in [0.29, 0.717) is 30.1 Å². The van der Waals surface area contributed by atoms with Gasteiger partial charge >= 0.3 is 0 Å². The standard InChI is InChI=1S/C18H24N8O/c1-11(26-10-22-14-15(19)20-9-21-16(14)26)17(27)25-7-12-6-23-24(4)13(12)5-18(2,3)8-25/h6,9-11H,5,7-8H2,1-4H3,(H2,19,20,21). The van der Waals surface area contributed by atoms with Gasteiger partial charge in [-0.15, -0.1) is 0 Å². The van der Waals surface area contributed by atoms with E-state index in [4.69, 9.17) is 5.73 Å². The Morgan fingerprint density at radius 1 is 1.30 bits per heavy atom. The molecule has 0 bridgehead atoms. The van der Waals surface area contributed by atoms with Crippen LogP contribution in [0.2, 0.25) is 0 Å². The van der Waals surface area contributed by atoms with Crippen molar-refractivity contribution in [2.75, 3.05) is 12.3 Å². The fraction of sp³-hybridized carbons (Fsp3) is 0.500. The Hall–Kier alpha value is -2.97. The minimum absolute atomic E-state index is 0.0243. The molecular formula is C18H24N8O. The van der Waals surface area contributed by atoms with Crippen molar-refractivity contribution < 1.29 is 4.79 Å². The summed E-state index contributed by atoms with van der Waals surface area (Å²) in [6.07, 6.45) is 5.75. The Bertz CT molecular complexity index is 1020. The lowest BCUT2D eigenvalue weighted by molar-refractivity contribution is -0.136. The number of rotatable bonds is 2. The molecule has 1 atom stereocenters. The second-order valence-electron chi connectivity index (χ2n) is 8.03. The summed E-state index contributed by atoms with van der Waals surface area (Å²) in [5, 5.41) is 4.38. The molecule has 9 heteroatoms. The van der Waals surface area contributed by atoms with Gasteiger partial charge in [0.25, 0.3) is 0 Å². The first-order valence-corrected chi connectivity index (χ1v) is 8.98. The first kappa shape index (κ1) is 17.4. The van der Waals surface area contributed by atoms with E-state index >= 15 is 0 Å². The molecule has 1 aliphatic heterocycles. The molecule has 1 unspecified atom stereocenters. The number of aromatic nitrogens is 6. The van der Waals surface area contributed by atoms with Crippen LogP contribution >= 0.6 is 0 Å². The van der Waals surface area contributed by atoms with Crippen LogP contribution in [0.25, 0.3) is 11.2 Å². The van der Waals surface area contributed by atoms with Crippen LogP contribution in [0.5, 0.6) is 0 Å². The number of carbonyl (C=O) groups excluding carboxylic acids is 1. The van der Waals surface area contributed by atoms with Gasteiger partial charge in [-0.3, -0.25) is 9.48 Å². The number of aryl methyl sites for hydroxylation is 1. The molecule has 0 radical (unpaired) electrons. The highest BCUT2D eigenvalue weighted by atomic mass is 16.2. The molecule has 0 aromatic carbocycles. The van der Waals surface area contributed by atoms with Gasteiger partial charge in [0, 0.05) is 31.4 Å². The van der Waals surface area contributed by atoms with E-state index in [1.807, 2.05) is 29.7 Å². The van der Waals surface area contributed by atoms with Crippen LogP contribution in [-0.4, -0.2) is 46.7 Å². The molecule has 27 heavy (non-hydrogen) atoms. The number of imidazole rings is 1. The zero-order chi connectivity index (χ0) is 19.3. The lowest BCUT2D eigenvalue weighted by atomic mass is 9.87. The number of anilines is 1. The van der Waals surface area contributed by atoms with Gasteiger partial charge < -0.3 is 15.2 Å². The van der Waals surface area contributed by atoms with E-state index < -0.39 is 6.04 Å². The van der Waals surface area contributed by atoms with Gasteiger partial charge in [-0.05, 0) is 18.8 Å². The summed E-state index contributed by atoms with van der Waals surface area (Å²) in [5.74, 6) is 0.338. The van der Waals surface area contributed by atoms with Gasteiger partial charge in [0.2, 0.25) is 5.91 Å². The van der Waals surface area contributed by atoms with E-state index in [2.05, 4.69) is 33.9 Å². The molecule has 3 aromatic rings. The third-order valence-electron chi connectivity index (χ3n) is 5.25. The van der Waals surface area contributed by atoms with Gasteiger partial charge in [-0.25, -0.2) is 15.0 Å². The average molecular weight is 368 g/mol. The Labute approximate surface area is 157 Å². The summed E-state index contributed by atoms with van der Waals surface area (Å²) < 4.78 is 3.68. The summed E-state index contributed by atoms with van der Waals surface area (Å²) in [6, 6.07) is -0.446. The fourth-order valence-electron chi connectivity index (χ4n) is 3.85. The second kappa shape index (κ2) is 6.04. The van der Waals surface area contributed by atoms with Crippen molar-refractivity contribution in [3.8, 4) is 0 Å². The Morgan fingerprint density at radius 3 is 2.85 bits per heavy atom. The topological polar surface area (TPSA) is 108 Å². The normalized spacial score (nSPS) is 17.6. The molecule has 1 amide bonds. The highest BCUT2D eigenvalue weighted by Gasteiger charge is 2.34. The van der Waals surface area contributed by atoms with Gasteiger partial charge in [0.15, 0.2) is 11.5 Å². The van der Waals surface area contributed by atoms with Crippen molar-refractivity contribution in [3.63, 3.8) is 0 Å². The van der Waals surface area contributed by atoms with Crippen molar-refractivity contribution in [1.29, 1.82) is 0 Å². The van der Waals surface area contributed by atoms with Crippen LogP contribution in [0.4, 0.5) is 5.82 Å². The average Bonchev–Trinajstić information content (AvgIpc) is 3.15. The first-order valence-electron chi connectivity index (χ1n) is 8.98. The number of nitrogen functional groups attached to an aromatic ring is 1. The van der Waals surface area contributed by atoms with Crippen molar-refractivity contribution in [3.05, 3.63) is 30.1 Å².